The van der Waals surface area contributed by atoms with Gasteiger partial charge in [0.05, 0.1) is 6.04 Å². The van der Waals surface area contributed by atoms with Crippen molar-refractivity contribution in [3.8, 4) is 0 Å². The third-order valence-corrected chi connectivity index (χ3v) is 5.63. The summed E-state index contributed by atoms with van der Waals surface area (Å²) in [6.07, 6.45) is 3.71. The average molecular weight is 399 g/mol. The Balaban J connectivity index is 1.45. The zero-order chi connectivity index (χ0) is 19.9. The van der Waals surface area contributed by atoms with Crippen molar-refractivity contribution in [2.45, 2.75) is 45.2 Å². The standard InChI is InChI=1S/C23H27ClN2O2/c1-16(26-23(28)14-24)19-9-6-17(7-10-19)15-25-22(27)13-18-8-11-20-4-2-3-5-21(20)12-18/h2-7,9-10,16,18H,8,11-15H2,1H3,(H,25,27)(H,26,28). The number of rotatable bonds is 7. The third-order valence-electron chi connectivity index (χ3n) is 5.39. The van der Waals surface area contributed by atoms with Gasteiger partial charge in [0.1, 0.15) is 5.88 Å². The van der Waals surface area contributed by atoms with Gasteiger partial charge in [-0.2, -0.15) is 0 Å². The molecule has 1 aliphatic rings. The van der Waals surface area contributed by atoms with Crippen molar-refractivity contribution in [1.29, 1.82) is 0 Å². The summed E-state index contributed by atoms with van der Waals surface area (Å²) in [6.45, 7) is 2.44. The van der Waals surface area contributed by atoms with Crippen LogP contribution in [-0.2, 0) is 29.0 Å². The zero-order valence-corrected chi connectivity index (χ0v) is 17.0. The normalized spacial score (nSPS) is 16.7. The quantitative estimate of drug-likeness (QED) is 0.694. The van der Waals surface area contributed by atoms with Crippen molar-refractivity contribution in [3.05, 3.63) is 70.8 Å². The maximum absolute atomic E-state index is 12.4. The van der Waals surface area contributed by atoms with Crippen LogP contribution in [0.1, 0.15) is 48.1 Å². The van der Waals surface area contributed by atoms with Gasteiger partial charge in [-0.1, -0.05) is 48.5 Å². The van der Waals surface area contributed by atoms with Gasteiger partial charge in [-0.15, -0.1) is 11.6 Å². The summed E-state index contributed by atoms with van der Waals surface area (Å²) in [6, 6.07) is 16.3. The fraction of sp³-hybridized carbons (Fsp3) is 0.391. The van der Waals surface area contributed by atoms with Crippen molar-refractivity contribution >= 4 is 23.4 Å². The van der Waals surface area contributed by atoms with E-state index in [0.29, 0.717) is 18.9 Å². The predicted octanol–water partition coefficient (Wildman–Crippen LogP) is 3.91. The molecule has 4 nitrogen and oxygen atoms in total. The second-order valence-electron chi connectivity index (χ2n) is 7.52. The molecular weight excluding hydrogens is 372 g/mol. The summed E-state index contributed by atoms with van der Waals surface area (Å²) in [5.41, 5.74) is 4.87. The molecule has 148 valence electrons. The number of halogens is 1. The number of aryl methyl sites for hydroxylation is 1. The molecule has 0 saturated heterocycles. The predicted molar refractivity (Wildman–Crippen MR) is 112 cm³/mol. The van der Waals surface area contributed by atoms with E-state index in [-0.39, 0.29) is 23.7 Å². The fourth-order valence-corrected chi connectivity index (χ4v) is 3.85. The van der Waals surface area contributed by atoms with Crippen molar-refractivity contribution < 1.29 is 9.59 Å². The Labute approximate surface area is 171 Å². The number of benzene rings is 2. The number of alkyl halides is 1. The van der Waals surface area contributed by atoms with E-state index >= 15 is 0 Å². The molecule has 1 aliphatic carbocycles. The van der Waals surface area contributed by atoms with Crippen LogP contribution in [-0.4, -0.2) is 17.7 Å². The number of nitrogens with one attached hydrogen (secondary N) is 2. The van der Waals surface area contributed by atoms with Crippen molar-refractivity contribution in [2.24, 2.45) is 5.92 Å². The molecule has 2 N–H and O–H groups in total. The first-order valence-corrected chi connectivity index (χ1v) is 10.4. The second kappa shape index (κ2) is 9.74. The summed E-state index contributed by atoms with van der Waals surface area (Å²) < 4.78 is 0. The zero-order valence-electron chi connectivity index (χ0n) is 16.2. The number of hydrogen-bond acceptors (Lipinski definition) is 2. The van der Waals surface area contributed by atoms with Gasteiger partial charge in [0.15, 0.2) is 0 Å². The highest BCUT2D eigenvalue weighted by Crippen LogP contribution is 2.27. The number of carbonyl (C=O) groups excluding carboxylic acids is 2. The fourth-order valence-electron chi connectivity index (χ4n) is 3.77. The van der Waals surface area contributed by atoms with Crippen molar-refractivity contribution in [1.82, 2.24) is 10.6 Å². The van der Waals surface area contributed by atoms with Crippen LogP contribution in [0.3, 0.4) is 0 Å². The number of carbonyl (C=O) groups is 2. The molecule has 2 aromatic carbocycles. The van der Waals surface area contributed by atoms with E-state index in [9.17, 15) is 9.59 Å². The van der Waals surface area contributed by atoms with E-state index in [0.717, 1.165) is 30.4 Å². The van der Waals surface area contributed by atoms with E-state index in [1.807, 2.05) is 31.2 Å². The molecule has 28 heavy (non-hydrogen) atoms. The number of fused-ring (bicyclic) bond motifs is 1. The Bertz CT molecular complexity index is 820. The Morgan fingerprint density at radius 3 is 2.50 bits per heavy atom. The van der Waals surface area contributed by atoms with Crippen LogP contribution in [0, 0.1) is 5.92 Å². The van der Waals surface area contributed by atoms with Crippen LogP contribution in [0.2, 0.25) is 0 Å². The van der Waals surface area contributed by atoms with Gasteiger partial charge in [-0.3, -0.25) is 9.59 Å². The molecule has 0 radical (unpaired) electrons. The van der Waals surface area contributed by atoms with E-state index < -0.39 is 0 Å². The highest BCUT2D eigenvalue weighted by molar-refractivity contribution is 6.27. The van der Waals surface area contributed by atoms with E-state index in [1.54, 1.807) is 0 Å². The van der Waals surface area contributed by atoms with Crippen LogP contribution < -0.4 is 10.6 Å². The Hall–Kier alpha value is -2.33. The first-order valence-electron chi connectivity index (χ1n) is 9.82. The lowest BCUT2D eigenvalue weighted by Gasteiger charge is -2.24. The molecule has 0 bridgehead atoms. The van der Waals surface area contributed by atoms with Crippen LogP contribution in [0.15, 0.2) is 48.5 Å². The summed E-state index contributed by atoms with van der Waals surface area (Å²) in [4.78, 5) is 23.7. The van der Waals surface area contributed by atoms with Crippen LogP contribution >= 0.6 is 11.6 Å². The third kappa shape index (κ3) is 5.59. The van der Waals surface area contributed by atoms with Crippen LogP contribution in [0.5, 0.6) is 0 Å². The summed E-state index contributed by atoms with van der Waals surface area (Å²) in [7, 11) is 0. The molecule has 2 atom stereocenters. The van der Waals surface area contributed by atoms with Gasteiger partial charge in [0.2, 0.25) is 11.8 Å². The minimum Gasteiger partial charge on any atom is -0.352 e. The lowest BCUT2D eigenvalue weighted by molar-refractivity contribution is -0.122. The van der Waals surface area contributed by atoms with Gasteiger partial charge in [0.25, 0.3) is 0 Å². The van der Waals surface area contributed by atoms with E-state index in [4.69, 9.17) is 11.6 Å². The molecule has 0 aliphatic heterocycles. The van der Waals surface area contributed by atoms with Gasteiger partial charge in [-0.05, 0) is 54.4 Å². The summed E-state index contributed by atoms with van der Waals surface area (Å²) in [5, 5.41) is 5.86. The van der Waals surface area contributed by atoms with Crippen LogP contribution in [0.4, 0.5) is 0 Å². The number of hydrogen-bond donors (Lipinski definition) is 2. The lowest BCUT2D eigenvalue weighted by atomic mass is 9.82. The molecule has 0 heterocycles. The minimum atomic E-state index is -0.184. The van der Waals surface area contributed by atoms with Crippen molar-refractivity contribution in [3.63, 3.8) is 0 Å². The number of amides is 2. The van der Waals surface area contributed by atoms with Gasteiger partial charge in [0, 0.05) is 13.0 Å². The Morgan fingerprint density at radius 1 is 1.07 bits per heavy atom. The molecule has 0 spiro atoms. The smallest absolute Gasteiger partial charge is 0.235 e. The SMILES string of the molecule is CC(NC(=O)CCl)c1ccc(CNC(=O)CC2CCc3ccccc3C2)cc1. The first-order chi connectivity index (χ1) is 13.5. The molecular formula is C23H27ClN2O2. The molecule has 5 heteroatoms. The maximum Gasteiger partial charge on any atom is 0.235 e. The summed E-state index contributed by atoms with van der Waals surface area (Å²) >= 11 is 5.52. The maximum atomic E-state index is 12.4. The Kier molecular flexibility index (Phi) is 7.10. The first kappa shape index (κ1) is 20.4. The summed E-state index contributed by atoms with van der Waals surface area (Å²) in [5.74, 6) is 0.303. The molecule has 2 amide bonds. The van der Waals surface area contributed by atoms with E-state index in [1.165, 1.54) is 11.1 Å². The van der Waals surface area contributed by atoms with E-state index in [2.05, 4.69) is 34.9 Å². The molecule has 0 saturated carbocycles. The molecule has 2 aromatic rings. The van der Waals surface area contributed by atoms with Gasteiger partial charge in [-0.25, -0.2) is 0 Å². The van der Waals surface area contributed by atoms with Gasteiger partial charge < -0.3 is 10.6 Å². The monoisotopic (exact) mass is 398 g/mol. The highest BCUT2D eigenvalue weighted by Gasteiger charge is 2.20. The average Bonchev–Trinajstić information content (AvgIpc) is 2.72. The molecule has 2 unspecified atom stereocenters. The van der Waals surface area contributed by atoms with Crippen LogP contribution in [0.25, 0.3) is 0 Å². The molecule has 0 aromatic heterocycles. The topological polar surface area (TPSA) is 58.2 Å². The minimum absolute atomic E-state index is 0.0406. The Morgan fingerprint density at radius 2 is 1.79 bits per heavy atom. The van der Waals surface area contributed by atoms with Gasteiger partial charge >= 0.3 is 0 Å². The van der Waals surface area contributed by atoms with Crippen molar-refractivity contribution in [2.75, 3.05) is 5.88 Å². The second-order valence-corrected chi connectivity index (χ2v) is 7.79. The highest BCUT2D eigenvalue weighted by atomic mass is 35.5. The largest absolute Gasteiger partial charge is 0.352 e. The molecule has 0 fully saturated rings. The molecule has 3 rings (SSSR count). The lowest BCUT2D eigenvalue weighted by Crippen LogP contribution is -2.28.